The van der Waals surface area contributed by atoms with E-state index in [9.17, 15) is 0 Å². The number of ether oxygens (including phenoxy) is 1. The minimum Gasteiger partial charge on any atom is -0.489 e. The lowest BCUT2D eigenvalue weighted by Gasteiger charge is -2.24. The van der Waals surface area contributed by atoms with E-state index in [0.29, 0.717) is 12.6 Å². The molecule has 0 saturated carbocycles. The summed E-state index contributed by atoms with van der Waals surface area (Å²) < 4.78 is 6.07. The second-order valence-electron chi connectivity index (χ2n) is 8.33. The smallest absolute Gasteiger partial charge is 0.120 e. The van der Waals surface area contributed by atoms with Gasteiger partial charge in [0.2, 0.25) is 0 Å². The molecule has 31 heavy (non-hydrogen) atoms. The zero-order valence-electron chi connectivity index (χ0n) is 17.5. The van der Waals surface area contributed by atoms with Crippen LogP contribution in [0, 0.1) is 0 Å². The van der Waals surface area contributed by atoms with E-state index >= 15 is 0 Å². The maximum Gasteiger partial charge on any atom is 0.120 e. The Labute approximate surface area is 188 Å². The third-order valence-corrected chi connectivity index (χ3v) is 6.42. The zero-order chi connectivity index (χ0) is 21.0. The van der Waals surface area contributed by atoms with Crippen molar-refractivity contribution in [3.05, 3.63) is 100 Å². The topological polar surface area (TPSA) is 37.0 Å². The van der Waals surface area contributed by atoms with Gasteiger partial charge in [-0.25, -0.2) is 0 Å². The molecule has 158 valence electrons. The van der Waals surface area contributed by atoms with Gasteiger partial charge in [-0.1, -0.05) is 54.1 Å². The van der Waals surface area contributed by atoms with Crippen molar-refractivity contribution in [1.82, 2.24) is 10.3 Å². The maximum absolute atomic E-state index is 6.07. The molecule has 3 aromatic carbocycles. The number of hydrogen-bond acceptors (Lipinski definition) is 2. The molecule has 1 aliphatic rings. The molecule has 0 aliphatic heterocycles. The molecule has 3 nitrogen and oxygen atoms in total. The summed E-state index contributed by atoms with van der Waals surface area (Å²) in [6.07, 6.45) is 4.32. The number of fused-ring (bicyclic) bond motifs is 3. The molecule has 0 fully saturated rings. The van der Waals surface area contributed by atoms with Crippen molar-refractivity contribution in [2.24, 2.45) is 0 Å². The summed E-state index contributed by atoms with van der Waals surface area (Å²) in [4.78, 5) is 3.63. The summed E-state index contributed by atoms with van der Waals surface area (Å²) in [6.45, 7) is 1.57. The monoisotopic (exact) mass is 430 g/mol. The molecular weight excluding hydrogens is 404 g/mol. The second kappa shape index (κ2) is 9.17. The van der Waals surface area contributed by atoms with Crippen LogP contribution in [0.15, 0.2) is 72.8 Å². The molecule has 4 heteroatoms. The van der Waals surface area contributed by atoms with Crippen LogP contribution in [0.25, 0.3) is 10.9 Å². The third kappa shape index (κ3) is 4.79. The van der Waals surface area contributed by atoms with E-state index in [1.165, 1.54) is 33.3 Å². The first-order valence-electron chi connectivity index (χ1n) is 11.0. The van der Waals surface area contributed by atoms with Gasteiger partial charge in [0, 0.05) is 27.7 Å². The van der Waals surface area contributed by atoms with Crippen LogP contribution in [-0.2, 0) is 25.9 Å². The van der Waals surface area contributed by atoms with Crippen LogP contribution in [0.2, 0.25) is 5.02 Å². The third-order valence-electron chi connectivity index (χ3n) is 6.17. The molecule has 1 aromatic heterocycles. The molecule has 0 radical (unpaired) electrons. The van der Waals surface area contributed by atoms with Crippen molar-refractivity contribution in [2.45, 2.75) is 38.3 Å². The van der Waals surface area contributed by atoms with Crippen LogP contribution in [-0.4, -0.2) is 17.6 Å². The first-order valence-corrected chi connectivity index (χ1v) is 11.4. The molecule has 1 aliphatic carbocycles. The van der Waals surface area contributed by atoms with E-state index < -0.39 is 0 Å². The Hall–Kier alpha value is -2.75. The van der Waals surface area contributed by atoms with E-state index in [1.54, 1.807) is 0 Å². The lowest BCUT2D eigenvalue weighted by molar-refractivity contribution is 0.306. The predicted octanol–water partition coefficient (Wildman–Crippen LogP) is 6.09. The lowest BCUT2D eigenvalue weighted by Crippen LogP contribution is -2.35. The van der Waals surface area contributed by atoms with Crippen molar-refractivity contribution in [3.63, 3.8) is 0 Å². The van der Waals surface area contributed by atoms with Gasteiger partial charge >= 0.3 is 0 Å². The summed E-state index contributed by atoms with van der Waals surface area (Å²) >= 11 is 5.99. The van der Waals surface area contributed by atoms with Gasteiger partial charge in [-0.15, -0.1) is 0 Å². The number of nitrogens with one attached hydrogen (secondary N) is 2. The lowest BCUT2D eigenvalue weighted by atomic mass is 9.91. The summed E-state index contributed by atoms with van der Waals surface area (Å²) in [7, 11) is 0. The van der Waals surface area contributed by atoms with Crippen LogP contribution >= 0.6 is 11.6 Å². The molecular formula is C27H27ClN2O. The average molecular weight is 431 g/mol. The zero-order valence-corrected chi connectivity index (χ0v) is 18.3. The highest BCUT2D eigenvalue weighted by molar-refractivity contribution is 6.30. The highest BCUT2D eigenvalue weighted by Crippen LogP contribution is 2.32. The van der Waals surface area contributed by atoms with Crippen LogP contribution in [0.3, 0.4) is 0 Å². The number of aryl methyl sites for hydroxylation is 1. The van der Waals surface area contributed by atoms with Gasteiger partial charge in [-0.05, 0) is 79.3 Å². The minimum absolute atomic E-state index is 0.507. The van der Waals surface area contributed by atoms with Gasteiger partial charge in [0.1, 0.15) is 12.4 Å². The first kappa shape index (κ1) is 20.2. The quantitative estimate of drug-likeness (QED) is 0.372. The number of halogens is 1. The number of hydrogen-bond donors (Lipinski definition) is 2. The summed E-state index contributed by atoms with van der Waals surface area (Å²) in [5.74, 6) is 0.927. The largest absolute Gasteiger partial charge is 0.489 e. The second-order valence-corrected chi connectivity index (χ2v) is 8.77. The van der Waals surface area contributed by atoms with E-state index in [0.717, 1.165) is 43.0 Å². The molecule has 2 N–H and O–H groups in total. The van der Waals surface area contributed by atoms with Crippen molar-refractivity contribution in [2.75, 3.05) is 6.54 Å². The number of aromatic nitrogens is 1. The Balaban J connectivity index is 1.24. The Morgan fingerprint density at radius 1 is 0.968 bits per heavy atom. The van der Waals surface area contributed by atoms with Crippen LogP contribution < -0.4 is 10.1 Å². The van der Waals surface area contributed by atoms with Gasteiger partial charge in [0.25, 0.3) is 0 Å². The first-order chi connectivity index (χ1) is 15.2. The van der Waals surface area contributed by atoms with Crippen molar-refractivity contribution in [1.29, 1.82) is 0 Å². The highest BCUT2D eigenvalue weighted by atomic mass is 35.5. The van der Waals surface area contributed by atoms with E-state index in [2.05, 4.69) is 52.8 Å². The Morgan fingerprint density at radius 3 is 2.65 bits per heavy atom. The fraction of sp³-hybridized carbons (Fsp3) is 0.259. The molecule has 1 unspecified atom stereocenters. The molecule has 0 saturated heterocycles. The molecule has 0 bridgehead atoms. The standard InChI is InChI=1S/C27H27ClN2O/c28-21-8-6-19(7-9-21)14-15-29-22-10-12-26-24(16-22)25-17-23(11-13-27(25)30-26)31-18-20-4-2-1-3-5-20/h1-9,11,13,17,22,29-30H,10,12,14-16,18H2. The summed E-state index contributed by atoms with van der Waals surface area (Å²) in [6, 6.07) is 25.4. The molecule has 1 heterocycles. The van der Waals surface area contributed by atoms with E-state index in [-0.39, 0.29) is 0 Å². The van der Waals surface area contributed by atoms with Crippen LogP contribution in [0.4, 0.5) is 0 Å². The molecule has 0 spiro atoms. The molecule has 1 atom stereocenters. The Kier molecular flexibility index (Phi) is 5.97. The van der Waals surface area contributed by atoms with E-state index in [1.807, 2.05) is 30.3 Å². The Bertz CT molecular complexity index is 1150. The van der Waals surface area contributed by atoms with Gasteiger partial charge in [0.05, 0.1) is 0 Å². The average Bonchev–Trinajstić information content (AvgIpc) is 3.17. The fourth-order valence-electron chi connectivity index (χ4n) is 4.47. The molecule has 4 aromatic rings. The van der Waals surface area contributed by atoms with Crippen LogP contribution in [0.5, 0.6) is 5.75 Å². The Morgan fingerprint density at radius 2 is 1.81 bits per heavy atom. The van der Waals surface area contributed by atoms with Crippen molar-refractivity contribution in [3.8, 4) is 5.75 Å². The van der Waals surface area contributed by atoms with E-state index in [4.69, 9.17) is 16.3 Å². The normalized spacial score (nSPS) is 15.7. The van der Waals surface area contributed by atoms with Crippen LogP contribution in [0.1, 0.15) is 28.8 Å². The van der Waals surface area contributed by atoms with Gasteiger partial charge < -0.3 is 15.0 Å². The predicted molar refractivity (Wildman–Crippen MR) is 128 cm³/mol. The number of benzene rings is 3. The highest BCUT2D eigenvalue weighted by Gasteiger charge is 2.22. The number of aromatic amines is 1. The minimum atomic E-state index is 0.507. The summed E-state index contributed by atoms with van der Waals surface area (Å²) in [5, 5.41) is 5.85. The van der Waals surface area contributed by atoms with Gasteiger partial charge in [-0.2, -0.15) is 0 Å². The number of rotatable bonds is 7. The fourth-order valence-corrected chi connectivity index (χ4v) is 4.60. The SMILES string of the molecule is Clc1ccc(CCNC2CCc3[nH]c4ccc(OCc5ccccc5)cc4c3C2)cc1. The summed E-state index contributed by atoms with van der Waals surface area (Å²) in [5.41, 5.74) is 6.53. The number of H-pyrrole nitrogens is 1. The maximum atomic E-state index is 6.07. The van der Waals surface area contributed by atoms with Crippen molar-refractivity contribution < 1.29 is 4.74 Å². The van der Waals surface area contributed by atoms with Gasteiger partial charge in [0.15, 0.2) is 0 Å². The molecule has 0 amide bonds. The van der Waals surface area contributed by atoms with Crippen molar-refractivity contribution >= 4 is 22.5 Å². The molecule has 5 rings (SSSR count). The van der Waals surface area contributed by atoms with Gasteiger partial charge in [-0.3, -0.25) is 0 Å².